The lowest BCUT2D eigenvalue weighted by Crippen LogP contribution is -2.36. The smallest absolute Gasteiger partial charge is 0.246 e. The molecule has 7 heteroatoms. The lowest BCUT2D eigenvalue weighted by molar-refractivity contribution is 0.244. The van der Waals surface area contributed by atoms with E-state index in [0.29, 0.717) is 5.76 Å². The number of hydrogen-bond donors (Lipinski definition) is 1. The van der Waals surface area contributed by atoms with Gasteiger partial charge in [0.2, 0.25) is 10.0 Å². The topological polar surface area (TPSA) is 70.8 Å². The predicted octanol–water partition coefficient (Wildman–Crippen LogP) is 1.45. The molecule has 1 heterocycles. The molecule has 104 valence electrons. The molecule has 1 N–H and O–H groups in total. The van der Waals surface area contributed by atoms with Gasteiger partial charge < -0.3 is 9.52 Å². The number of nitrogens with zero attached hydrogens (tertiary/aromatic N) is 1. The van der Waals surface area contributed by atoms with E-state index in [-0.39, 0.29) is 23.3 Å². The first-order valence-corrected chi connectivity index (χ1v) is 8.35. The Labute approximate surface area is 112 Å². The average molecular weight is 293 g/mol. The van der Waals surface area contributed by atoms with Gasteiger partial charge in [0.25, 0.3) is 0 Å². The van der Waals surface area contributed by atoms with Crippen molar-refractivity contribution in [1.29, 1.82) is 0 Å². The summed E-state index contributed by atoms with van der Waals surface area (Å²) < 4.78 is 31.3. The molecule has 1 atom stereocenters. The molecule has 0 aliphatic rings. The Morgan fingerprint density at radius 1 is 1.56 bits per heavy atom. The summed E-state index contributed by atoms with van der Waals surface area (Å²) >= 11 is 1.59. The van der Waals surface area contributed by atoms with Crippen molar-refractivity contribution in [3.05, 3.63) is 17.6 Å². The molecule has 1 aromatic rings. The zero-order chi connectivity index (χ0) is 13.9. The van der Waals surface area contributed by atoms with Gasteiger partial charge in [-0.3, -0.25) is 0 Å². The maximum absolute atomic E-state index is 12.4. The Morgan fingerprint density at radius 3 is 2.61 bits per heavy atom. The SMILES string of the molecule is CSCC(C)N(C)S(=O)(=O)c1cc(CO)oc1C. The molecule has 0 fully saturated rings. The molecule has 1 rings (SSSR count). The van der Waals surface area contributed by atoms with E-state index in [0.717, 1.165) is 5.75 Å². The summed E-state index contributed by atoms with van der Waals surface area (Å²) in [6.07, 6.45) is 1.93. The quantitative estimate of drug-likeness (QED) is 0.859. The second-order valence-corrected chi connectivity index (χ2v) is 6.99. The molecule has 0 aliphatic heterocycles. The third kappa shape index (κ3) is 3.09. The van der Waals surface area contributed by atoms with E-state index in [2.05, 4.69) is 0 Å². The fourth-order valence-electron chi connectivity index (χ4n) is 1.60. The second-order valence-electron chi connectivity index (χ2n) is 4.12. The van der Waals surface area contributed by atoms with Gasteiger partial charge in [-0.15, -0.1) is 0 Å². The van der Waals surface area contributed by atoms with Crippen LogP contribution >= 0.6 is 11.8 Å². The van der Waals surface area contributed by atoms with Crippen LogP contribution < -0.4 is 0 Å². The number of aliphatic hydroxyl groups excluding tert-OH is 1. The van der Waals surface area contributed by atoms with Gasteiger partial charge in [0.15, 0.2) is 0 Å². The van der Waals surface area contributed by atoms with Crippen LogP contribution in [0.5, 0.6) is 0 Å². The molecule has 18 heavy (non-hydrogen) atoms. The van der Waals surface area contributed by atoms with Crippen molar-refractivity contribution < 1.29 is 17.9 Å². The Bertz CT molecular complexity index is 495. The van der Waals surface area contributed by atoms with Gasteiger partial charge in [-0.2, -0.15) is 16.1 Å². The Balaban J connectivity index is 3.08. The number of aryl methyl sites for hydroxylation is 1. The number of hydrogen-bond acceptors (Lipinski definition) is 5. The van der Waals surface area contributed by atoms with Crippen LogP contribution in [0.1, 0.15) is 18.4 Å². The van der Waals surface area contributed by atoms with Crippen LogP contribution in [-0.4, -0.2) is 42.9 Å². The minimum Gasteiger partial charge on any atom is -0.462 e. The zero-order valence-corrected chi connectivity index (χ0v) is 12.6. The number of thioether (sulfide) groups is 1. The predicted molar refractivity (Wildman–Crippen MR) is 72.2 cm³/mol. The summed E-state index contributed by atoms with van der Waals surface area (Å²) in [5, 5.41) is 8.97. The Kier molecular flexibility index (Phi) is 5.27. The number of aliphatic hydroxyl groups is 1. The summed E-state index contributed by atoms with van der Waals surface area (Å²) in [7, 11) is -2.01. The van der Waals surface area contributed by atoms with E-state index < -0.39 is 10.0 Å². The zero-order valence-electron chi connectivity index (χ0n) is 11.0. The van der Waals surface area contributed by atoms with Crippen LogP contribution in [0.25, 0.3) is 0 Å². The van der Waals surface area contributed by atoms with Crippen LogP contribution in [0.2, 0.25) is 0 Å². The highest BCUT2D eigenvalue weighted by Crippen LogP contribution is 2.24. The van der Waals surface area contributed by atoms with Crippen LogP contribution in [0.3, 0.4) is 0 Å². The molecule has 1 aromatic heterocycles. The average Bonchev–Trinajstić information content (AvgIpc) is 2.70. The molecular weight excluding hydrogens is 274 g/mol. The fourth-order valence-corrected chi connectivity index (χ4v) is 3.94. The van der Waals surface area contributed by atoms with E-state index in [1.165, 1.54) is 10.4 Å². The Morgan fingerprint density at radius 2 is 2.17 bits per heavy atom. The van der Waals surface area contributed by atoms with Gasteiger partial charge >= 0.3 is 0 Å². The van der Waals surface area contributed by atoms with E-state index in [1.807, 2.05) is 13.2 Å². The summed E-state index contributed by atoms with van der Waals surface area (Å²) in [6.45, 7) is 3.13. The van der Waals surface area contributed by atoms with Crippen molar-refractivity contribution >= 4 is 21.8 Å². The van der Waals surface area contributed by atoms with Gasteiger partial charge in [-0.05, 0) is 20.1 Å². The van der Waals surface area contributed by atoms with Gasteiger partial charge in [-0.25, -0.2) is 8.42 Å². The van der Waals surface area contributed by atoms with Gasteiger partial charge in [0.1, 0.15) is 23.0 Å². The van der Waals surface area contributed by atoms with E-state index in [9.17, 15) is 8.42 Å². The van der Waals surface area contributed by atoms with Gasteiger partial charge in [0, 0.05) is 24.9 Å². The molecule has 1 unspecified atom stereocenters. The first-order chi connectivity index (χ1) is 8.34. The molecule has 0 radical (unpaired) electrons. The van der Waals surface area contributed by atoms with Crippen molar-refractivity contribution in [2.75, 3.05) is 19.1 Å². The van der Waals surface area contributed by atoms with E-state index in [4.69, 9.17) is 9.52 Å². The molecule has 0 saturated carbocycles. The standard InChI is InChI=1S/C11H19NO4S2/c1-8(7-17-4)12(3)18(14,15)11-5-10(6-13)16-9(11)2/h5,8,13H,6-7H2,1-4H3. The largest absolute Gasteiger partial charge is 0.462 e. The molecule has 0 amide bonds. The Hall–Kier alpha value is -0.500. The van der Waals surface area contributed by atoms with Crippen molar-refractivity contribution in [1.82, 2.24) is 4.31 Å². The summed E-state index contributed by atoms with van der Waals surface area (Å²) in [5.41, 5.74) is 0. The third-order valence-electron chi connectivity index (χ3n) is 2.76. The van der Waals surface area contributed by atoms with Crippen molar-refractivity contribution in [2.45, 2.75) is 31.4 Å². The minimum atomic E-state index is -3.57. The molecule has 0 bridgehead atoms. The van der Waals surface area contributed by atoms with Crippen LogP contribution in [-0.2, 0) is 16.6 Å². The fraction of sp³-hybridized carbons (Fsp3) is 0.636. The number of sulfonamides is 1. The summed E-state index contributed by atoms with van der Waals surface area (Å²) in [4.78, 5) is 0.127. The molecule has 5 nitrogen and oxygen atoms in total. The summed E-state index contributed by atoms with van der Waals surface area (Å²) in [6, 6.07) is 1.28. The maximum Gasteiger partial charge on any atom is 0.246 e. The highest BCUT2D eigenvalue weighted by atomic mass is 32.2. The van der Waals surface area contributed by atoms with Crippen molar-refractivity contribution in [3.63, 3.8) is 0 Å². The number of furan rings is 1. The molecular formula is C11H19NO4S2. The van der Waals surface area contributed by atoms with E-state index >= 15 is 0 Å². The monoisotopic (exact) mass is 293 g/mol. The number of rotatable bonds is 6. The van der Waals surface area contributed by atoms with Crippen LogP contribution in [0.4, 0.5) is 0 Å². The lowest BCUT2D eigenvalue weighted by Gasteiger charge is -2.23. The van der Waals surface area contributed by atoms with Crippen LogP contribution in [0.15, 0.2) is 15.4 Å². The van der Waals surface area contributed by atoms with E-state index in [1.54, 1.807) is 25.7 Å². The highest BCUT2D eigenvalue weighted by molar-refractivity contribution is 7.98. The lowest BCUT2D eigenvalue weighted by atomic mass is 10.4. The third-order valence-corrected chi connectivity index (χ3v) is 5.66. The minimum absolute atomic E-state index is 0.100. The normalized spacial score (nSPS) is 14.1. The summed E-state index contributed by atoms with van der Waals surface area (Å²) in [5.74, 6) is 1.29. The molecule has 0 aromatic carbocycles. The van der Waals surface area contributed by atoms with Gasteiger partial charge in [0.05, 0.1) is 0 Å². The van der Waals surface area contributed by atoms with Crippen molar-refractivity contribution in [2.24, 2.45) is 0 Å². The molecule has 0 saturated heterocycles. The molecule has 0 spiro atoms. The van der Waals surface area contributed by atoms with Crippen molar-refractivity contribution in [3.8, 4) is 0 Å². The second kappa shape index (κ2) is 6.10. The highest BCUT2D eigenvalue weighted by Gasteiger charge is 2.29. The van der Waals surface area contributed by atoms with Gasteiger partial charge in [-0.1, -0.05) is 0 Å². The first-order valence-electron chi connectivity index (χ1n) is 5.51. The first kappa shape index (κ1) is 15.6. The maximum atomic E-state index is 12.4. The van der Waals surface area contributed by atoms with Crippen LogP contribution in [0, 0.1) is 6.92 Å². The molecule has 0 aliphatic carbocycles.